The molecule has 0 atom stereocenters. The summed E-state index contributed by atoms with van der Waals surface area (Å²) in [6.45, 7) is 12.7. The maximum absolute atomic E-state index is 3.89. The van der Waals surface area contributed by atoms with Crippen LogP contribution in [-0.4, -0.2) is 23.7 Å². The number of hydrogen-bond donors (Lipinski definition) is 1. The Morgan fingerprint density at radius 3 is 2.45 bits per heavy atom. The zero-order valence-corrected chi connectivity index (χ0v) is 7.78. The van der Waals surface area contributed by atoms with Crippen LogP contribution in [0.15, 0.2) is 12.3 Å². The highest BCUT2D eigenvalue weighted by atomic mass is 15.3. The van der Waals surface area contributed by atoms with E-state index in [4.69, 9.17) is 0 Å². The van der Waals surface area contributed by atoms with Gasteiger partial charge in [0.05, 0.1) is 6.67 Å². The van der Waals surface area contributed by atoms with E-state index in [1.54, 1.807) is 0 Å². The predicted octanol–water partition coefficient (Wildman–Crippen LogP) is 1.55. The van der Waals surface area contributed by atoms with E-state index in [0.717, 1.165) is 19.6 Å². The molecule has 0 unspecified atom stereocenters. The van der Waals surface area contributed by atoms with E-state index in [1.807, 2.05) is 0 Å². The van der Waals surface area contributed by atoms with Crippen LogP contribution in [0.3, 0.4) is 0 Å². The molecule has 1 rings (SSSR count). The largest absolute Gasteiger partial charge is 0.376 e. The molecule has 0 aromatic rings. The normalized spacial score (nSPS) is 21.5. The molecule has 1 aliphatic rings. The minimum Gasteiger partial charge on any atom is -0.376 e. The summed E-state index contributed by atoms with van der Waals surface area (Å²) in [5, 5.41) is 3.27. The first kappa shape index (κ1) is 8.60. The summed E-state index contributed by atoms with van der Waals surface area (Å²) >= 11 is 0. The van der Waals surface area contributed by atoms with Gasteiger partial charge in [0.1, 0.15) is 0 Å². The van der Waals surface area contributed by atoms with E-state index in [-0.39, 0.29) is 5.54 Å². The van der Waals surface area contributed by atoms with Crippen molar-refractivity contribution in [3.8, 4) is 0 Å². The monoisotopic (exact) mass is 154 g/mol. The van der Waals surface area contributed by atoms with Crippen LogP contribution >= 0.6 is 0 Å². The fraction of sp³-hybridized carbons (Fsp3) is 0.778. The van der Waals surface area contributed by atoms with Crippen LogP contribution in [0, 0.1) is 0 Å². The summed E-state index contributed by atoms with van der Waals surface area (Å²) in [6.07, 6.45) is 1.08. The molecule has 1 saturated heterocycles. The molecule has 2 nitrogen and oxygen atoms in total. The quantitative estimate of drug-likeness (QED) is 0.569. The van der Waals surface area contributed by atoms with Crippen LogP contribution in [0.4, 0.5) is 0 Å². The Hall–Kier alpha value is -0.500. The van der Waals surface area contributed by atoms with Crippen molar-refractivity contribution in [1.82, 2.24) is 10.2 Å². The lowest BCUT2D eigenvalue weighted by Gasteiger charge is -2.39. The SMILES string of the molecule is C=C1CCN(C(C)(C)C)CN1. The van der Waals surface area contributed by atoms with Crippen molar-refractivity contribution in [2.24, 2.45) is 0 Å². The first-order chi connectivity index (χ1) is 5.00. The molecule has 0 spiro atoms. The van der Waals surface area contributed by atoms with Gasteiger partial charge >= 0.3 is 0 Å². The second-order valence-electron chi connectivity index (χ2n) is 4.12. The summed E-state index contributed by atoms with van der Waals surface area (Å²) < 4.78 is 0. The lowest BCUT2D eigenvalue weighted by Crippen LogP contribution is -2.50. The molecule has 0 aromatic carbocycles. The fourth-order valence-electron chi connectivity index (χ4n) is 1.22. The van der Waals surface area contributed by atoms with E-state index in [1.165, 1.54) is 5.70 Å². The van der Waals surface area contributed by atoms with Gasteiger partial charge in [-0.15, -0.1) is 0 Å². The Balaban J connectivity index is 2.45. The minimum atomic E-state index is 0.285. The summed E-state index contributed by atoms with van der Waals surface area (Å²) in [5.41, 5.74) is 1.46. The van der Waals surface area contributed by atoms with E-state index in [9.17, 15) is 0 Å². The van der Waals surface area contributed by atoms with Crippen LogP contribution in [-0.2, 0) is 0 Å². The Morgan fingerprint density at radius 2 is 2.09 bits per heavy atom. The Morgan fingerprint density at radius 1 is 1.45 bits per heavy atom. The zero-order chi connectivity index (χ0) is 8.48. The summed E-state index contributed by atoms with van der Waals surface area (Å²) in [5.74, 6) is 0. The van der Waals surface area contributed by atoms with E-state index in [2.05, 4.69) is 37.6 Å². The van der Waals surface area contributed by atoms with Crippen molar-refractivity contribution in [2.45, 2.75) is 32.7 Å². The molecular formula is C9H18N2. The molecule has 1 N–H and O–H groups in total. The number of rotatable bonds is 0. The van der Waals surface area contributed by atoms with Crippen LogP contribution in [0.25, 0.3) is 0 Å². The number of hydrogen-bond acceptors (Lipinski definition) is 2. The van der Waals surface area contributed by atoms with Crippen molar-refractivity contribution in [3.05, 3.63) is 12.3 Å². The minimum absolute atomic E-state index is 0.285. The van der Waals surface area contributed by atoms with E-state index in [0.29, 0.717) is 0 Å². The fourth-order valence-corrected chi connectivity index (χ4v) is 1.22. The summed E-state index contributed by atoms with van der Waals surface area (Å²) in [7, 11) is 0. The van der Waals surface area contributed by atoms with Gasteiger partial charge in [-0.05, 0) is 27.2 Å². The second kappa shape index (κ2) is 2.86. The van der Waals surface area contributed by atoms with E-state index < -0.39 is 0 Å². The van der Waals surface area contributed by atoms with Crippen molar-refractivity contribution in [1.29, 1.82) is 0 Å². The molecule has 64 valence electrons. The van der Waals surface area contributed by atoms with Crippen molar-refractivity contribution < 1.29 is 0 Å². The van der Waals surface area contributed by atoms with Crippen LogP contribution in [0.5, 0.6) is 0 Å². The molecule has 1 heterocycles. The Kier molecular flexibility index (Phi) is 2.23. The lowest BCUT2D eigenvalue weighted by molar-refractivity contribution is 0.114. The van der Waals surface area contributed by atoms with E-state index >= 15 is 0 Å². The maximum Gasteiger partial charge on any atom is 0.0679 e. The Bertz CT molecular complexity index is 145. The van der Waals surface area contributed by atoms with Gasteiger partial charge in [-0.3, -0.25) is 4.90 Å². The standard InChI is InChI=1S/C9H18N2/c1-8-5-6-11(7-10-8)9(2,3)4/h10H,1,5-7H2,2-4H3. The highest BCUT2D eigenvalue weighted by Gasteiger charge is 2.23. The Labute approximate surface area is 69.3 Å². The topological polar surface area (TPSA) is 15.3 Å². The first-order valence-corrected chi connectivity index (χ1v) is 4.17. The van der Waals surface area contributed by atoms with Crippen molar-refractivity contribution >= 4 is 0 Å². The van der Waals surface area contributed by atoms with Gasteiger partial charge in [0.15, 0.2) is 0 Å². The van der Waals surface area contributed by atoms with Crippen LogP contribution < -0.4 is 5.32 Å². The second-order valence-corrected chi connectivity index (χ2v) is 4.12. The first-order valence-electron chi connectivity index (χ1n) is 4.17. The smallest absolute Gasteiger partial charge is 0.0679 e. The molecule has 0 aliphatic carbocycles. The van der Waals surface area contributed by atoms with Gasteiger partial charge in [-0.1, -0.05) is 6.58 Å². The highest BCUT2D eigenvalue weighted by Crippen LogP contribution is 2.16. The molecule has 0 aromatic heterocycles. The maximum atomic E-state index is 3.89. The molecule has 11 heavy (non-hydrogen) atoms. The molecule has 0 radical (unpaired) electrons. The highest BCUT2D eigenvalue weighted by molar-refractivity contribution is 4.96. The van der Waals surface area contributed by atoms with Gasteiger partial charge in [0, 0.05) is 17.8 Å². The number of nitrogens with one attached hydrogen (secondary N) is 1. The lowest BCUT2D eigenvalue weighted by atomic mass is 10.1. The average Bonchev–Trinajstić information content (AvgIpc) is 1.86. The third kappa shape index (κ3) is 2.22. The van der Waals surface area contributed by atoms with Gasteiger partial charge < -0.3 is 5.32 Å². The molecule has 0 amide bonds. The average molecular weight is 154 g/mol. The summed E-state index contributed by atoms with van der Waals surface area (Å²) in [6, 6.07) is 0. The summed E-state index contributed by atoms with van der Waals surface area (Å²) in [4.78, 5) is 2.42. The zero-order valence-electron chi connectivity index (χ0n) is 7.78. The molecule has 0 bridgehead atoms. The molecule has 1 fully saturated rings. The molecular weight excluding hydrogens is 136 g/mol. The molecule has 2 heteroatoms. The van der Waals surface area contributed by atoms with Crippen LogP contribution in [0.1, 0.15) is 27.2 Å². The number of nitrogens with zero attached hydrogens (tertiary/aromatic N) is 1. The third-order valence-electron chi connectivity index (χ3n) is 2.15. The third-order valence-corrected chi connectivity index (χ3v) is 2.15. The molecule has 1 aliphatic heterocycles. The van der Waals surface area contributed by atoms with Crippen LogP contribution in [0.2, 0.25) is 0 Å². The van der Waals surface area contributed by atoms with Crippen molar-refractivity contribution in [2.75, 3.05) is 13.2 Å². The molecule has 0 saturated carbocycles. The van der Waals surface area contributed by atoms with Gasteiger partial charge in [-0.2, -0.15) is 0 Å². The predicted molar refractivity (Wildman–Crippen MR) is 48.2 cm³/mol. The van der Waals surface area contributed by atoms with Gasteiger partial charge in [0.25, 0.3) is 0 Å². The van der Waals surface area contributed by atoms with Crippen molar-refractivity contribution in [3.63, 3.8) is 0 Å². The van der Waals surface area contributed by atoms with Gasteiger partial charge in [-0.25, -0.2) is 0 Å². The van der Waals surface area contributed by atoms with Gasteiger partial charge in [0.2, 0.25) is 0 Å².